The molecule has 2 N–H and O–H groups in total. The Balaban J connectivity index is 1.69. The minimum absolute atomic E-state index is 0.0706. The maximum Gasteiger partial charge on any atom is 0.330 e. The molecule has 2 aromatic carbocycles. The number of hydrogen-bond donors (Lipinski definition) is 2. The largest absolute Gasteiger partial charge is 0.405 e. The third kappa shape index (κ3) is 4.80. The number of H-pyrrole nitrogens is 1. The monoisotopic (exact) mass is 576 g/mol. The molecule has 0 spiro atoms. The van der Waals surface area contributed by atoms with Crippen molar-refractivity contribution in [2.24, 2.45) is 0 Å². The Kier molecular flexibility index (Phi) is 7.82. The lowest BCUT2D eigenvalue weighted by Crippen LogP contribution is -2.67. The fourth-order valence-corrected chi connectivity index (χ4v) is 10.1. The Hall–Kier alpha value is -2.37. The number of nitrogens with one attached hydrogen (secondary N) is 1. The second-order valence-electron chi connectivity index (χ2n) is 9.93. The normalized spacial score (nSPS) is 22.6. The molecular weight excluding hydrogens is 547 g/mol. The van der Waals surface area contributed by atoms with Crippen LogP contribution >= 0.6 is 15.9 Å². The number of aliphatic hydroxyl groups is 1. The van der Waals surface area contributed by atoms with E-state index in [1.54, 1.807) is 0 Å². The van der Waals surface area contributed by atoms with Crippen LogP contribution in [0.5, 0.6) is 0 Å². The average Bonchev–Trinajstić information content (AvgIpc) is 3.13. The van der Waals surface area contributed by atoms with Crippen molar-refractivity contribution < 1.29 is 18.7 Å². The molecular formula is C26H30BrFN2O5Si. The van der Waals surface area contributed by atoms with Gasteiger partial charge in [-0.15, -0.1) is 0 Å². The first-order valence-electron chi connectivity index (χ1n) is 11.7. The molecule has 0 amide bonds. The fraction of sp³-hybridized carbons (Fsp3) is 0.385. The minimum atomic E-state index is -2.87. The number of benzene rings is 2. The van der Waals surface area contributed by atoms with E-state index in [2.05, 4.69) is 66.0 Å². The van der Waals surface area contributed by atoms with E-state index in [9.17, 15) is 19.1 Å². The van der Waals surface area contributed by atoms with Crippen molar-refractivity contribution in [3.8, 4) is 0 Å². The lowest BCUT2D eigenvalue weighted by molar-refractivity contribution is -0.0425. The number of aliphatic hydroxyl groups excluding tert-OH is 1. The van der Waals surface area contributed by atoms with Crippen LogP contribution in [0.3, 0.4) is 0 Å². The van der Waals surface area contributed by atoms with Gasteiger partial charge in [-0.1, -0.05) is 97.4 Å². The summed E-state index contributed by atoms with van der Waals surface area (Å²) in [7, 11) is -2.87. The number of nitrogens with zero attached hydrogens (tertiary/aromatic N) is 1. The summed E-state index contributed by atoms with van der Waals surface area (Å²) in [6, 6.07) is 20.2. The molecule has 4 rings (SSSR count). The van der Waals surface area contributed by atoms with Crippen LogP contribution in [-0.2, 0) is 15.8 Å². The number of aromatic nitrogens is 2. The zero-order valence-corrected chi connectivity index (χ0v) is 22.9. The maximum atomic E-state index is 13.3. The van der Waals surface area contributed by atoms with Gasteiger partial charge in [0.25, 0.3) is 13.9 Å². The molecule has 3 aromatic rings. The summed E-state index contributed by atoms with van der Waals surface area (Å²) in [4.78, 5) is 25.7. The average molecular weight is 578 g/mol. The Morgan fingerprint density at radius 2 is 1.64 bits per heavy atom. The Labute approximate surface area is 218 Å². The highest BCUT2D eigenvalue weighted by Crippen LogP contribution is 2.39. The zero-order valence-electron chi connectivity index (χ0n) is 20.4. The molecule has 1 aromatic heterocycles. The highest BCUT2D eigenvalue weighted by molar-refractivity contribution is 9.09. The van der Waals surface area contributed by atoms with Gasteiger partial charge in [0.05, 0.1) is 23.1 Å². The first-order valence-corrected chi connectivity index (χ1v) is 14.6. The summed E-state index contributed by atoms with van der Waals surface area (Å²) >= 11 is 3.43. The SMILES string of the molecule is CC(C)(C)[Si](OC[C@H]1O[C@@H](n2cc(CF)c(=O)[nH]c2=O)[C@H](Br)[C@@H]1O)(c1ccccc1)c1ccccc1. The number of hydrogen-bond acceptors (Lipinski definition) is 5. The molecule has 7 nitrogen and oxygen atoms in total. The third-order valence-electron chi connectivity index (χ3n) is 6.63. The van der Waals surface area contributed by atoms with Gasteiger partial charge in [0.2, 0.25) is 0 Å². The summed E-state index contributed by atoms with van der Waals surface area (Å²) in [5.74, 6) is 0. The van der Waals surface area contributed by atoms with Gasteiger partial charge >= 0.3 is 5.69 Å². The van der Waals surface area contributed by atoms with Gasteiger partial charge in [0.15, 0.2) is 6.23 Å². The first kappa shape index (κ1) is 26.7. The van der Waals surface area contributed by atoms with Gasteiger partial charge < -0.3 is 14.3 Å². The number of ether oxygens (including phenoxy) is 1. The molecule has 0 saturated carbocycles. The van der Waals surface area contributed by atoms with E-state index >= 15 is 0 Å². The molecule has 2 heterocycles. The van der Waals surface area contributed by atoms with E-state index in [1.165, 1.54) is 0 Å². The molecule has 0 unspecified atom stereocenters. The summed E-state index contributed by atoms with van der Waals surface area (Å²) < 4.78 is 27.3. The highest BCUT2D eigenvalue weighted by Gasteiger charge is 2.52. The van der Waals surface area contributed by atoms with E-state index in [0.717, 1.165) is 21.1 Å². The lowest BCUT2D eigenvalue weighted by atomic mass is 10.2. The maximum absolute atomic E-state index is 13.3. The van der Waals surface area contributed by atoms with Gasteiger partial charge in [-0.3, -0.25) is 14.3 Å². The summed E-state index contributed by atoms with van der Waals surface area (Å²) in [5.41, 5.74) is -1.72. The predicted octanol–water partition coefficient (Wildman–Crippen LogP) is 2.60. The molecule has 36 heavy (non-hydrogen) atoms. The summed E-state index contributed by atoms with van der Waals surface area (Å²) in [6.07, 6.45) is -1.60. The molecule has 0 bridgehead atoms. The Morgan fingerprint density at radius 3 is 2.14 bits per heavy atom. The molecule has 1 aliphatic heterocycles. The second kappa shape index (κ2) is 10.5. The molecule has 0 radical (unpaired) electrons. The summed E-state index contributed by atoms with van der Waals surface area (Å²) in [6.45, 7) is 5.50. The lowest BCUT2D eigenvalue weighted by Gasteiger charge is -2.43. The van der Waals surface area contributed by atoms with Crippen molar-refractivity contribution >= 4 is 34.6 Å². The van der Waals surface area contributed by atoms with Crippen molar-refractivity contribution in [3.05, 3.63) is 93.3 Å². The molecule has 1 saturated heterocycles. The van der Waals surface area contributed by atoms with Gasteiger partial charge in [0, 0.05) is 6.20 Å². The van der Waals surface area contributed by atoms with Gasteiger partial charge in [0.1, 0.15) is 12.8 Å². The van der Waals surface area contributed by atoms with Crippen molar-refractivity contribution in [3.63, 3.8) is 0 Å². The van der Waals surface area contributed by atoms with Crippen LogP contribution in [0.2, 0.25) is 5.04 Å². The Bertz CT molecular complexity index is 1260. The molecule has 1 aliphatic rings. The topological polar surface area (TPSA) is 93.5 Å². The van der Waals surface area contributed by atoms with Crippen molar-refractivity contribution in [1.82, 2.24) is 9.55 Å². The van der Waals surface area contributed by atoms with E-state index in [0.29, 0.717) is 0 Å². The van der Waals surface area contributed by atoms with Crippen LogP contribution in [0.4, 0.5) is 4.39 Å². The summed E-state index contributed by atoms with van der Waals surface area (Å²) in [5, 5.41) is 12.9. The second-order valence-corrected chi connectivity index (χ2v) is 15.3. The van der Waals surface area contributed by atoms with E-state index < -0.39 is 49.5 Å². The van der Waals surface area contributed by atoms with Crippen LogP contribution in [0.15, 0.2) is 76.4 Å². The number of alkyl halides is 2. The van der Waals surface area contributed by atoms with Gasteiger partial charge in [-0.25, -0.2) is 9.18 Å². The molecule has 4 atom stereocenters. The van der Waals surface area contributed by atoms with Crippen LogP contribution < -0.4 is 21.6 Å². The van der Waals surface area contributed by atoms with Crippen LogP contribution in [0.25, 0.3) is 0 Å². The van der Waals surface area contributed by atoms with Crippen molar-refractivity contribution in [2.75, 3.05) is 6.61 Å². The van der Waals surface area contributed by atoms with Crippen LogP contribution in [0, 0.1) is 0 Å². The Morgan fingerprint density at radius 1 is 1.08 bits per heavy atom. The first-order chi connectivity index (χ1) is 17.1. The number of rotatable bonds is 7. The molecule has 0 aliphatic carbocycles. The number of halogens is 2. The van der Waals surface area contributed by atoms with Crippen LogP contribution in [0.1, 0.15) is 32.6 Å². The smallest absolute Gasteiger partial charge is 0.330 e. The minimum Gasteiger partial charge on any atom is -0.405 e. The van der Waals surface area contributed by atoms with Gasteiger partial charge in [-0.05, 0) is 15.4 Å². The van der Waals surface area contributed by atoms with Crippen molar-refractivity contribution in [1.29, 1.82) is 0 Å². The van der Waals surface area contributed by atoms with E-state index in [4.69, 9.17) is 9.16 Å². The van der Waals surface area contributed by atoms with Crippen LogP contribution in [-0.4, -0.2) is 46.6 Å². The molecule has 1 fully saturated rings. The standard InChI is InChI=1S/C26H30BrFN2O5Si/c1-26(2,3)36(18-10-6-4-7-11-18,19-12-8-5-9-13-19)34-16-20-22(31)21(27)24(35-20)30-15-17(14-28)23(32)29-25(30)33/h4-13,15,20-22,24,31H,14,16H2,1-3H3,(H,29,32,33)/t20-,21-,22-,24-/m1/s1. The van der Waals surface area contributed by atoms with Gasteiger partial charge in [-0.2, -0.15) is 0 Å². The van der Waals surface area contributed by atoms with E-state index in [-0.39, 0.29) is 17.2 Å². The third-order valence-corrected chi connectivity index (χ3v) is 12.6. The van der Waals surface area contributed by atoms with Crippen molar-refractivity contribution in [2.45, 2.75) is 55.7 Å². The molecule has 10 heteroatoms. The zero-order chi connectivity index (χ0) is 26.1. The quantitative estimate of drug-likeness (QED) is 0.333. The fourth-order valence-electron chi connectivity index (χ4n) is 4.85. The number of aromatic amines is 1. The predicted molar refractivity (Wildman–Crippen MR) is 142 cm³/mol. The van der Waals surface area contributed by atoms with E-state index in [1.807, 2.05) is 36.4 Å². The molecule has 192 valence electrons. The highest BCUT2D eigenvalue weighted by atomic mass is 79.9.